The zero-order chi connectivity index (χ0) is 27.9. The van der Waals surface area contributed by atoms with Gasteiger partial charge in [-0.25, -0.2) is 0 Å². The lowest BCUT2D eigenvalue weighted by Crippen LogP contribution is -2.12. The van der Waals surface area contributed by atoms with Crippen molar-refractivity contribution in [1.82, 2.24) is 0 Å². The van der Waals surface area contributed by atoms with Crippen molar-refractivity contribution in [2.45, 2.75) is 0 Å². The van der Waals surface area contributed by atoms with Crippen molar-refractivity contribution in [3.05, 3.63) is 164 Å². The molecule has 198 valence electrons. The largest absolute Gasteiger partial charge is 0.455 e. The van der Waals surface area contributed by atoms with Crippen LogP contribution in [0.5, 0.6) is 0 Å². The molecular formula is C40H27NO. The van der Waals surface area contributed by atoms with Gasteiger partial charge in [-0.15, -0.1) is 0 Å². The van der Waals surface area contributed by atoms with Crippen LogP contribution in [0.4, 0.5) is 17.1 Å². The van der Waals surface area contributed by atoms with E-state index < -0.39 is 0 Å². The van der Waals surface area contributed by atoms with Crippen molar-refractivity contribution >= 4 is 49.8 Å². The van der Waals surface area contributed by atoms with E-state index in [0.717, 1.165) is 60.9 Å². The van der Waals surface area contributed by atoms with Crippen molar-refractivity contribution in [2.75, 3.05) is 4.90 Å². The maximum absolute atomic E-state index is 6.62. The first-order chi connectivity index (χ1) is 20.9. The minimum absolute atomic E-state index is 0.894. The molecule has 0 amide bonds. The van der Waals surface area contributed by atoms with Gasteiger partial charge in [0.05, 0.1) is 5.69 Å². The Morgan fingerprint density at radius 3 is 1.57 bits per heavy atom. The summed E-state index contributed by atoms with van der Waals surface area (Å²) in [4.78, 5) is 2.40. The van der Waals surface area contributed by atoms with Gasteiger partial charge >= 0.3 is 0 Å². The quantitative estimate of drug-likeness (QED) is 0.217. The van der Waals surface area contributed by atoms with Crippen LogP contribution in [0.1, 0.15) is 0 Å². The average molecular weight is 538 g/mol. The van der Waals surface area contributed by atoms with Gasteiger partial charge in [-0.2, -0.15) is 0 Å². The zero-order valence-electron chi connectivity index (χ0n) is 22.9. The molecule has 0 radical (unpaired) electrons. The molecule has 0 aliphatic rings. The summed E-state index contributed by atoms with van der Waals surface area (Å²) in [6.07, 6.45) is 0. The van der Waals surface area contributed by atoms with Crippen LogP contribution in [0.2, 0.25) is 0 Å². The highest BCUT2D eigenvalue weighted by Crippen LogP contribution is 2.51. The van der Waals surface area contributed by atoms with E-state index in [0.29, 0.717) is 0 Å². The number of para-hydroxylation sites is 2. The first-order valence-electron chi connectivity index (χ1n) is 14.3. The predicted octanol–water partition coefficient (Wildman–Crippen LogP) is 11.5. The Balaban J connectivity index is 1.51. The standard InChI is InChI=1S/C40H27NO/c1-4-14-28(15-5-1)29-24-26-32(27-25-29)41(31-18-8-3-9-19-31)39-33-20-10-11-21-34(33)40-38(35-22-12-13-23-36(35)42-40)37(39)30-16-6-2-7-17-30/h1-27H. The summed E-state index contributed by atoms with van der Waals surface area (Å²) in [7, 11) is 0. The van der Waals surface area contributed by atoms with E-state index in [-0.39, 0.29) is 0 Å². The third-order valence-electron chi connectivity index (χ3n) is 8.04. The molecule has 0 bridgehead atoms. The van der Waals surface area contributed by atoms with Gasteiger partial charge < -0.3 is 9.32 Å². The number of anilines is 3. The van der Waals surface area contributed by atoms with E-state index in [4.69, 9.17) is 4.42 Å². The van der Waals surface area contributed by atoms with Crippen LogP contribution in [-0.2, 0) is 0 Å². The highest BCUT2D eigenvalue weighted by atomic mass is 16.3. The third kappa shape index (κ3) is 3.96. The second-order valence-corrected chi connectivity index (χ2v) is 10.5. The Bertz CT molecular complexity index is 2160. The summed E-state index contributed by atoms with van der Waals surface area (Å²) < 4.78 is 6.62. The van der Waals surface area contributed by atoms with E-state index in [1.165, 1.54) is 11.1 Å². The molecule has 0 unspecified atom stereocenters. The second kappa shape index (κ2) is 10.1. The third-order valence-corrected chi connectivity index (χ3v) is 8.04. The zero-order valence-corrected chi connectivity index (χ0v) is 22.9. The van der Waals surface area contributed by atoms with Crippen molar-refractivity contribution in [3.8, 4) is 22.3 Å². The van der Waals surface area contributed by atoms with Gasteiger partial charge in [0.2, 0.25) is 0 Å². The molecule has 7 aromatic carbocycles. The van der Waals surface area contributed by atoms with Gasteiger partial charge in [-0.3, -0.25) is 0 Å². The van der Waals surface area contributed by atoms with E-state index in [1.54, 1.807) is 0 Å². The van der Waals surface area contributed by atoms with Gasteiger partial charge in [0.25, 0.3) is 0 Å². The Kier molecular flexibility index (Phi) is 5.82. The average Bonchev–Trinajstić information content (AvgIpc) is 3.46. The molecule has 0 spiro atoms. The van der Waals surface area contributed by atoms with Gasteiger partial charge in [0.15, 0.2) is 0 Å². The van der Waals surface area contributed by atoms with Crippen molar-refractivity contribution < 1.29 is 4.42 Å². The minimum atomic E-state index is 0.894. The molecule has 42 heavy (non-hydrogen) atoms. The fourth-order valence-corrected chi connectivity index (χ4v) is 6.16. The summed E-state index contributed by atoms with van der Waals surface area (Å²) in [5.74, 6) is 0. The van der Waals surface area contributed by atoms with Crippen LogP contribution in [-0.4, -0.2) is 0 Å². The maximum atomic E-state index is 6.62. The highest BCUT2D eigenvalue weighted by molar-refractivity contribution is 6.27. The van der Waals surface area contributed by atoms with Crippen LogP contribution < -0.4 is 4.90 Å². The molecular weight excluding hydrogens is 510 g/mol. The summed E-state index contributed by atoms with van der Waals surface area (Å²) in [5.41, 5.74) is 9.84. The van der Waals surface area contributed by atoms with Gasteiger partial charge in [-0.1, -0.05) is 133 Å². The van der Waals surface area contributed by atoms with E-state index in [9.17, 15) is 0 Å². The molecule has 8 aromatic rings. The molecule has 8 rings (SSSR count). The Morgan fingerprint density at radius 2 is 0.881 bits per heavy atom. The topological polar surface area (TPSA) is 16.4 Å². The Labute approximate surface area is 244 Å². The van der Waals surface area contributed by atoms with Crippen molar-refractivity contribution in [2.24, 2.45) is 0 Å². The maximum Gasteiger partial charge on any atom is 0.144 e. The lowest BCUT2D eigenvalue weighted by molar-refractivity contribution is 0.673. The van der Waals surface area contributed by atoms with E-state index >= 15 is 0 Å². The van der Waals surface area contributed by atoms with Crippen LogP contribution >= 0.6 is 0 Å². The predicted molar refractivity (Wildman–Crippen MR) is 177 cm³/mol. The summed E-state index contributed by atoms with van der Waals surface area (Å²) in [6.45, 7) is 0. The van der Waals surface area contributed by atoms with Crippen LogP contribution in [0.3, 0.4) is 0 Å². The van der Waals surface area contributed by atoms with E-state index in [2.05, 4.69) is 163 Å². The smallest absolute Gasteiger partial charge is 0.144 e. The fraction of sp³-hybridized carbons (Fsp3) is 0. The van der Waals surface area contributed by atoms with Crippen LogP contribution in [0, 0.1) is 0 Å². The molecule has 1 aromatic heterocycles. The monoisotopic (exact) mass is 537 g/mol. The molecule has 0 aliphatic carbocycles. The lowest BCUT2D eigenvalue weighted by atomic mass is 9.91. The van der Waals surface area contributed by atoms with Gasteiger partial charge in [-0.05, 0) is 47.0 Å². The number of furan rings is 1. The summed E-state index contributed by atoms with van der Waals surface area (Å²) in [6, 6.07) is 57.8. The first kappa shape index (κ1) is 24.2. The lowest BCUT2D eigenvalue weighted by Gasteiger charge is -2.30. The van der Waals surface area contributed by atoms with Crippen LogP contribution in [0.25, 0.3) is 55.0 Å². The summed E-state index contributed by atoms with van der Waals surface area (Å²) >= 11 is 0. The molecule has 2 nitrogen and oxygen atoms in total. The fourth-order valence-electron chi connectivity index (χ4n) is 6.16. The highest BCUT2D eigenvalue weighted by Gasteiger charge is 2.26. The minimum Gasteiger partial charge on any atom is -0.455 e. The van der Waals surface area contributed by atoms with Crippen LogP contribution in [0.15, 0.2) is 168 Å². The Hall–Kier alpha value is -5.60. The molecule has 0 saturated heterocycles. The summed E-state index contributed by atoms with van der Waals surface area (Å²) in [5, 5.41) is 4.48. The second-order valence-electron chi connectivity index (χ2n) is 10.5. The van der Waals surface area contributed by atoms with Crippen molar-refractivity contribution in [3.63, 3.8) is 0 Å². The number of rotatable bonds is 5. The normalized spacial score (nSPS) is 11.3. The number of benzene rings is 7. The first-order valence-corrected chi connectivity index (χ1v) is 14.3. The Morgan fingerprint density at radius 1 is 0.381 bits per heavy atom. The number of nitrogens with zero attached hydrogens (tertiary/aromatic N) is 1. The molecule has 0 fully saturated rings. The van der Waals surface area contributed by atoms with Crippen molar-refractivity contribution in [1.29, 1.82) is 0 Å². The number of hydrogen-bond acceptors (Lipinski definition) is 2. The number of fused-ring (bicyclic) bond motifs is 5. The van der Waals surface area contributed by atoms with Gasteiger partial charge in [0, 0.05) is 38.5 Å². The molecule has 1 heterocycles. The molecule has 0 saturated carbocycles. The number of hydrogen-bond donors (Lipinski definition) is 0. The SMILES string of the molecule is c1ccc(-c2ccc(N(c3ccccc3)c3c(-c4ccccc4)c4c5ccccc5oc4c4ccccc34)cc2)cc1. The molecule has 2 heteroatoms. The molecule has 0 N–H and O–H groups in total. The molecule has 0 aliphatic heterocycles. The molecule has 0 atom stereocenters. The van der Waals surface area contributed by atoms with E-state index in [1.807, 2.05) is 6.07 Å². The van der Waals surface area contributed by atoms with Gasteiger partial charge in [0.1, 0.15) is 11.2 Å².